The van der Waals surface area contributed by atoms with Crippen LogP contribution in [-0.2, 0) is 0 Å². The summed E-state index contributed by atoms with van der Waals surface area (Å²) in [6, 6.07) is 9.07. The predicted molar refractivity (Wildman–Crippen MR) is 84.8 cm³/mol. The first kappa shape index (κ1) is 15.0. The van der Waals surface area contributed by atoms with Gasteiger partial charge in [0.15, 0.2) is 0 Å². The van der Waals surface area contributed by atoms with Gasteiger partial charge in [0.25, 0.3) is 0 Å². The average molecular weight is 312 g/mol. The molecule has 0 saturated heterocycles. The zero-order chi connectivity index (χ0) is 16.2. The van der Waals surface area contributed by atoms with E-state index in [1.54, 1.807) is 24.4 Å². The minimum absolute atomic E-state index is 0.363. The van der Waals surface area contributed by atoms with Crippen molar-refractivity contribution in [2.24, 2.45) is 0 Å². The van der Waals surface area contributed by atoms with Gasteiger partial charge in [-0.1, -0.05) is 12.1 Å². The fraction of sp³-hybridized carbons (Fsp3) is 0.118. The van der Waals surface area contributed by atoms with Crippen LogP contribution in [0, 0.1) is 11.8 Å². The topological polar surface area (TPSA) is 50.7 Å². The second kappa shape index (κ2) is 6.48. The maximum Gasteiger partial charge on any atom is 0.223 e. The second-order valence-corrected chi connectivity index (χ2v) is 4.86. The van der Waals surface area contributed by atoms with Crippen molar-refractivity contribution in [3.8, 4) is 22.4 Å². The number of pyridine rings is 1. The number of aromatic nitrogens is 3. The molecule has 0 aliphatic heterocycles. The van der Waals surface area contributed by atoms with Gasteiger partial charge in [-0.3, -0.25) is 0 Å². The zero-order valence-electron chi connectivity index (χ0n) is 12.4. The molecule has 6 heteroatoms. The lowest BCUT2D eigenvalue weighted by atomic mass is 10.0. The number of hydrogen-bond acceptors (Lipinski definition) is 4. The molecule has 0 aliphatic rings. The molecule has 2 heterocycles. The highest BCUT2D eigenvalue weighted by atomic mass is 19.1. The van der Waals surface area contributed by atoms with Gasteiger partial charge in [0, 0.05) is 36.1 Å². The van der Waals surface area contributed by atoms with Crippen molar-refractivity contribution in [1.29, 1.82) is 0 Å². The van der Waals surface area contributed by atoms with E-state index in [-0.39, 0.29) is 5.82 Å². The van der Waals surface area contributed by atoms with Crippen molar-refractivity contribution in [2.75, 3.05) is 11.9 Å². The van der Waals surface area contributed by atoms with Crippen LogP contribution < -0.4 is 5.32 Å². The van der Waals surface area contributed by atoms with Gasteiger partial charge in [-0.2, -0.15) is 4.39 Å². The van der Waals surface area contributed by atoms with Crippen LogP contribution in [0.1, 0.15) is 6.92 Å². The van der Waals surface area contributed by atoms with E-state index in [0.29, 0.717) is 34.9 Å². The number of anilines is 1. The van der Waals surface area contributed by atoms with Gasteiger partial charge in [0.05, 0.1) is 5.69 Å². The first-order valence-corrected chi connectivity index (χ1v) is 7.16. The van der Waals surface area contributed by atoms with Crippen molar-refractivity contribution in [3.05, 3.63) is 60.6 Å². The number of benzene rings is 1. The summed E-state index contributed by atoms with van der Waals surface area (Å²) in [5.41, 5.74) is 2.32. The van der Waals surface area contributed by atoms with E-state index < -0.39 is 5.95 Å². The Bertz CT molecular complexity index is 836. The third-order valence-electron chi connectivity index (χ3n) is 3.26. The number of nitrogens with one attached hydrogen (secondary N) is 1. The molecule has 0 fully saturated rings. The molecular weight excluding hydrogens is 298 g/mol. The summed E-state index contributed by atoms with van der Waals surface area (Å²) in [5, 5.41) is 3.02. The Hall–Kier alpha value is -2.89. The molecule has 116 valence electrons. The molecule has 0 unspecified atom stereocenters. The van der Waals surface area contributed by atoms with E-state index in [9.17, 15) is 8.78 Å². The number of hydrogen-bond donors (Lipinski definition) is 1. The SMILES string of the molecule is CCNc1ncc(-c2ccnc(F)c2)c(-c2cccc(F)c2)n1. The first-order valence-electron chi connectivity index (χ1n) is 7.16. The molecule has 0 bridgehead atoms. The summed E-state index contributed by atoms with van der Waals surface area (Å²) in [5.74, 6) is -0.522. The number of halogens is 2. The Morgan fingerprint density at radius 3 is 2.65 bits per heavy atom. The van der Waals surface area contributed by atoms with Gasteiger partial charge < -0.3 is 5.32 Å². The van der Waals surface area contributed by atoms with Crippen LogP contribution in [0.25, 0.3) is 22.4 Å². The molecule has 0 radical (unpaired) electrons. The molecule has 0 atom stereocenters. The van der Waals surface area contributed by atoms with Crippen LogP contribution in [-0.4, -0.2) is 21.5 Å². The molecule has 0 spiro atoms. The van der Waals surface area contributed by atoms with E-state index in [0.717, 1.165) is 0 Å². The maximum absolute atomic E-state index is 13.6. The van der Waals surface area contributed by atoms with Crippen LogP contribution in [0.2, 0.25) is 0 Å². The van der Waals surface area contributed by atoms with Crippen molar-refractivity contribution >= 4 is 5.95 Å². The Morgan fingerprint density at radius 1 is 1.04 bits per heavy atom. The molecule has 1 N–H and O–H groups in total. The highest BCUT2D eigenvalue weighted by molar-refractivity contribution is 5.80. The van der Waals surface area contributed by atoms with Crippen molar-refractivity contribution in [2.45, 2.75) is 6.92 Å². The van der Waals surface area contributed by atoms with E-state index in [1.165, 1.54) is 24.4 Å². The van der Waals surface area contributed by atoms with E-state index in [4.69, 9.17) is 0 Å². The third-order valence-corrected chi connectivity index (χ3v) is 3.26. The van der Waals surface area contributed by atoms with Crippen molar-refractivity contribution < 1.29 is 8.78 Å². The Labute approximate surface area is 132 Å². The Morgan fingerprint density at radius 2 is 1.91 bits per heavy atom. The molecule has 23 heavy (non-hydrogen) atoms. The van der Waals surface area contributed by atoms with Crippen LogP contribution in [0.3, 0.4) is 0 Å². The van der Waals surface area contributed by atoms with E-state index in [2.05, 4.69) is 20.3 Å². The largest absolute Gasteiger partial charge is 0.354 e. The molecule has 1 aromatic carbocycles. The van der Waals surface area contributed by atoms with Gasteiger partial charge >= 0.3 is 0 Å². The summed E-state index contributed by atoms with van der Waals surface area (Å²) in [6.07, 6.45) is 2.97. The molecule has 2 aromatic heterocycles. The summed E-state index contributed by atoms with van der Waals surface area (Å²) in [4.78, 5) is 12.2. The second-order valence-electron chi connectivity index (χ2n) is 4.86. The molecule has 0 amide bonds. The summed E-state index contributed by atoms with van der Waals surface area (Å²) in [6.45, 7) is 2.59. The lowest BCUT2D eigenvalue weighted by Crippen LogP contribution is -2.04. The third kappa shape index (κ3) is 3.31. The fourth-order valence-corrected chi connectivity index (χ4v) is 2.26. The van der Waals surface area contributed by atoms with Crippen molar-refractivity contribution in [1.82, 2.24) is 15.0 Å². The van der Waals surface area contributed by atoms with Crippen LogP contribution in [0.5, 0.6) is 0 Å². The van der Waals surface area contributed by atoms with Gasteiger partial charge in [-0.15, -0.1) is 0 Å². The summed E-state index contributed by atoms with van der Waals surface area (Å²) in [7, 11) is 0. The molecule has 4 nitrogen and oxygen atoms in total. The molecule has 3 rings (SSSR count). The molecule has 3 aromatic rings. The highest BCUT2D eigenvalue weighted by Gasteiger charge is 2.13. The van der Waals surface area contributed by atoms with Gasteiger partial charge in [0.2, 0.25) is 11.9 Å². The quantitative estimate of drug-likeness (QED) is 0.742. The maximum atomic E-state index is 13.6. The number of rotatable bonds is 4. The zero-order valence-corrected chi connectivity index (χ0v) is 12.4. The minimum Gasteiger partial charge on any atom is -0.354 e. The monoisotopic (exact) mass is 312 g/mol. The Balaban J connectivity index is 2.19. The minimum atomic E-state index is -0.594. The first-order chi connectivity index (χ1) is 11.2. The standard InChI is InChI=1S/C17H14F2N4/c1-2-20-17-22-10-14(11-6-7-21-15(19)9-11)16(23-17)12-4-3-5-13(18)8-12/h3-10H,2H2,1H3,(H,20,22,23). The molecule has 0 aliphatic carbocycles. The average Bonchev–Trinajstić information content (AvgIpc) is 2.55. The van der Waals surface area contributed by atoms with E-state index in [1.807, 2.05) is 6.92 Å². The molecule has 0 saturated carbocycles. The predicted octanol–water partition coefficient (Wildman–Crippen LogP) is 3.92. The van der Waals surface area contributed by atoms with Crippen LogP contribution in [0.15, 0.2) is 48.8 Å². The Kier molecular flexibility index (Phi) is 4.23. The highest BCUT2D eigenvalue weighted by Crippen LogP contribution is 2.31. The van der Waals surface area contributed by atoms with Gasteiger partial charge in [-0.05, 0) is 30.7 Å². The fourth-order valence-electron chi connectivity index (χ4n) is 2.26. The summed E-state index contributed by atoms with van der Waals surface area (Å²) < 4.78 is 27.0. The van der Waals surface area contributed by atoms with Gasteiger partial charge in [-0.25, -0.2) is 19.3 Å². The number of nitrogens with zero attached hydrogens (tertiary/aromatic N) is 3. The lowest BCUT2D eigenvalue weighted by Gasteiger charge is -2.11. The van der Waals surface area contributed by atoms with Crippen molar-refractivity contribution in [3.63, 3.8) is 0 Å². The summed E-state index contributed by atoms with van der Waals surface area (Å²) >= 11 is 0. The smallest absolute Gasteiger partial charge is 0.223 e. The van der Waals surface area contributed by atoms with Crippen LogP contribution in [0.4, 0.5) is 14.7 Å². The lowest BCUT2D eigenvalue weighted by molar-refractivity contribution is 0.584. The molecular formula is C17H14F2N4. The van der Waals surface area contributed by atoms with Gasteiger partial charge in [0.1, 0.15) is 5.82 Å². The van der Waals surface area contributed by atoms with Crippen LogP contribution >= 0.6 is 0 Å². The van der Waals surface area contributed by atoms with E-state index >= 15 is 0 Å². The normalized spacial score (nSPS) is 10.6.